The van der Waals surface area contributed by atoms with E-state index in [4.69, 9.17) is 5.26 Å². The zero-order chi connectivity index (χ0) is 9.26. The van der Waals surface area contributed by atoms with E-state index in [1.807, 2.05) is 10.9 Å². The summed E-state index contributed by atoms with van der Waals surface area (Å²) in [7, 11) is 0. The van der Waals surface area contributed by atoms with Gasteiger partial charge in [-0.15, -0.1) is 0 Å². The van der Waals surface area contributed by atoms with E-state index >= 15 is 0 Å². The van der Waals surface area contributed by atoms with Crippen LogP contribution in [0.25, 0.3) is 0 Å². The third-order valence-corrected chi connectivity index (χ3v) is 2.71. The average molecular weight is 175 g/mol. The first-order valence-corrected chi connectivity index (χ1v) is 4.78. The van der Waals surface area contributed by atoms with Gasteiger partial charge in [-0.25, -0.2) is 0 Å². The molecule has 3 nitrogen and oxygen atoms in total. The van der Waals surface area contributed by atoms with Crippen LogP contribution in [0.2, 0.25) is 0 Å². The van der Waals surface area contributed by atoms with E-state index in [-0.39, 0.29) is 5.92 Å². The van der Waals surface area contributed by atoms with E-state index in [9.17, 15) is 0 Å². The third-order valence-electron chi connectivity index (χ3n) is 2.71. The van der Waals surface area contributed by atoms with Crippen LogP contribution in [0, 0.1) is 17.2 Å². The van der Waals surface area contributed by atoms with Crippen molar-refractivity contribution in [1.29, 1.82) is 5.26 Å². The second-order valence-electron chi connectivity index (χ2n) is 3.50. The molecule has 0 fully saturated rings. The zero-order valence-corrected chi connectivity index (χ0v) is 7.82. The fraction of sp³-hybridized carbons (Fsp3) is 0.600. The van der Waals surface area contributed by atoms with Crippen molar-refractivity contribution in [3.63, 3.8) is 0 Å². The van der Waals surface area contributed by atoms with Gasteiger partial charge in [0.05, 0.1) is 18.2 Å². The predicted octanol–water partition coefficient (Wildman–Crippen LogP) is 1.53. The van der Waals surface area contributed by atoms with Crippen LogP contribution < -0.4 is 0 Å². The molecule has 68 valence electrons. The highest BCUT2D eigenvalue weighted by molar-refractivity contribution is 5.23. The Bertz CT molecular complexity index is 346. The van der Waals surface area contributed by atoms with Crippen LogP contribution in [0.1, 0.15) is 24.6 Å². The van der Waals surface area contributed by atoms with Gasteiger partial charge in [-0.05, 0) is 31.7 Å². The van der Waals surface area contributed by atoms with Gasteiger partial charge in [0.2, 0.25) is 0 Å². The third kappa shape index (κ3) is 1.33. The lowest BCUT2D eigenvalue weighted by atomic mass is 9.89. The summed E-state index contributed by atoms with van der Waals surface area (Å²) in [5, 5.41) is 13.1. The SMILES string of the molecule is CCn1ncc2c1CCC(C#N)C2. The Morgan fingerprint density at radius 1 is 1.77 bits per heavy atom. The van der Waals surface area contributed by atoms with Crippen LogP contribution in [0.4, 0.5) is 0 Å². The molecule has 1 aliphatic rings. The molecule has 0 radical (unpaired) electrons. The van der Waals surface area contributed by atoms with Crippen LogP contribution >= 0.6 is 0 Å². The van der Waals surface area contributed by atoms with Crippen LogP contribution in [-0.4, -0.2) is 9.78 Å². The van der Waals surface area contributed by atoms with Crippen molar-refractivity contribution < 1.29 is 0 Å². The van der Waals surface area contributed by atoms with E-state index < -0.39 is 0 Å². The Morgan fingerprint density at radius 2 is 2.62 bits per heavy atom. The average Bonchev–Trinajstić information content (AvgIpc) is 2.59. The van der Waals surface area contributed by atoms with Crippen molar-refractivity contribution in [3.8, 4) is 6.07 Å². The molecule has 1 aliphatic carbocycles. The van der Waals surface area contributed by atoms with E-state index in [1.165, 1.54) is 11.3 Å². The minimum absolute atomic E-state index is 0.210. The second kappa shape index (κ2) is 3.21. The topological polar surface area (TPSA) is 41.6 Å². The Morgan fingerprint density at radius 3 is 3.31 bits per heavy atom. The summed E-state index contributed by atoms with van der Waals surface area (Å²) in [5.74, 6) is 0.210. The number of nitrogens with zero attached hydrogens (tertiary/aromatic N) is 3. The molecule has 1 unspecified atom stereocenters. The van der Waals surface area contributed by atoms with Gasteiger partial charge in [-0.1, -0.05) is 0 Å². The monoisotopic (exact) mass is 175 g/mol. The van der Waals surface area contributed by atoms with Crippen LogP contribution in [0.5, 0.6) is 0 Å². The quantitative estimate of drug-likeness (QED) is 0.649. The molecule has 2 rings (SSSR count). The molecular formula is C10H13N3. The smallest absolute Gasteiger partial charge is 0.0659 e. The summed E-state index contributed by atoms with van der Waals surface area (Å²) < 4.78 is 2.04. The molecule has 1 atom stereocenters. The standard InChI is InChI=1S/C10H13N3/c1-2-13-10-4-3-8(6-11)5-9(10)7-12-13/h7-8H,2-5H2,1H3. The lowest BCUT2D eigenvalue weighted by Gasteiger charge is -2.16. The number of hydrogen-bond acceptors (Lipinski definition) is 2. The highest BCUT2D eigenvalue weighted by Crippen LogP contribution is 2.24. The molecule has 0 bridgehead atoms. The maximum atomic E-state index is 8.80. The Labute approximate surface area is 78.0 Å². The number of nitriles is 1. The van der Waals surface area contributed by atoms with Gasteiger partial charge < -0.3 is 0 Å². The highest BCUT2D eigenvalue weighted by Gasteiger charge is 2.21. The molecule has 0 saturated carbocycles. The van der Waals surface area contributed by atoms with Crippen molar-refractivity contribution >= 4 is 0 Å². The molecule has 0 saturated heterocycles. The Kier molecular flexibility index (Phi) is 2.05. The van der Waals surface area contributed by atoms with Crippen molar-refractivity contribution in [2.75, 3.05) is 0 Å². The molecule has 1 heterocycles. The van der Waals surface area contributed by atoms with Crippen LogP contribution in [0.15, 0.2) is 6.20 Å². The molecule has 3 heteroatoms. The Hall–Kier alpha value is -1.30. The molecule has 13 heavy (non-hydrogen) atoms. The summed E-state index contributed by atoms with van der Waals surface area (Å²) in [4.78, 5) is 0. The lowest BCUT2D eigenvalue weighted by Crippen LogP contribution is -2.14. The van der Waals surface area contributed by atoms with Crippen molar-refractivity contribution in [1.82, 2.24) is 9.78 Å². The predicted molar refractivity (Wildman–Crippen MR) is 49.0 cm³/mol. The molecule has 1 aromatic rings. The van der Waals surface area contributed by atoms with Gasteiger partial charge >= 0.3 is 0 Å². The number of aryl methyl sites for hydroxylation is 1. The maximum Gasteiger partial charge on any atom is 0.0659 e. The summed E-state index contributed by atoms with van der Waals surface area (Å²) in [6.07, 6.45) is 4.82. The molecule has 0 aliphatic heterocycles. The van der Waals surface area contributed by atoms with Crippen molar-refractivity contribution in [2.45, 2.75) is 32.7 Å². The molecular weight excluding hydrogens is 162 g/mol. The summed E-state index contributed by atoms with van der Waals surface area (Å²) in [6.45, 7) is 3.04. The summed E-state index contributed by atoms with van der Waals surface area (Å²) in [6, 6.07) is 2.34. The summed E-state index contributed by atoms with van der Waals surface area (Å²) in [5.41, 5.74) is 2.62. The minimum atomic E-state index is 0.210. The molecule has 0 spiro atoms. The van der Waals surface area contributed by atoms with Gasteiger partial charge in [-0.3, -0.25) is 4.68 Å². The fourth-order valence-corrected chi connectivity index (χ4v) is 1.97. The Balaban J connectivity index is 2.29. The van der Waals surface area contributed by atoms with E-state index in [0.717, 1.165) is 25.8 Å². The largest absolute Gasteiger partial charge is 0.270 e. The first-order chi connectivity index (χ1) is 6.35. The maximum absolute atomic E-state index is 8.80. The van der Waals surface area contributed by atoms with Gasteiger partial charge in [0.25, 0.3) is 0 Å². The van der Waals surface area contributed by atoms with Gasteiger partial charge in [-0.2, -0.15) is 10.4 Å². The van der Waals surface area contributed by atoms with E-state index in [0.29, 0.717) is 0 Å². The summed E-state index contributed by atoms with van der Waals surface area (Å²) >= 11 is 0. The van der Waals surface area contributed by atoms with Gasteiger partial charge in [0.15, 0.2) is 0 Å². The van der Waals surface area contributed by atoms with Gasteiger partial charge in [0.1, 0.15) is 0 Å². The molecule has 0 N–H and O–H groups in total. The van der Waals surface area contributed by atoms with Crippen molar-refractivity contribution in [3.05, 3.63) is 17.5 Å². The number of rotatable bonds is 1. The van der Waals surface area contributed by atoms with Crippen LogP contribution in [0.3, 0.4) is 0 Å². The highest BCUT2D eigenvalue weighted by atomic mass is 15.3. The number of aromatic nitrogens is 2. The zero-order valence-electron chi connectivity index (χ0n) is 7.82. The minimum Gasteiger partial charge on any atom is -0.270 e. The molecule has 0 amide bonds. The van der Waals surface area contributed by atoms with Gasteiger partial charge in [0, 0.05) is 12.2 Å². The first-order valence-electron chi connectivity index (χ1n) is 4.78. The first kappa shape index (κ1) is 8.31. The van der Waals surface area contributed by atoms with Crippen LogP contribution in [-0.2, 0) is 19.4 Å². The molecule has 0 aromatic carbocycles. The number of hydrogen-bond donors (Lipinski definition) is 0. The van der Waals surface area contributed by atoms with E-state index in [1.54, 1.807) is 0 Å². The number of fused-ring (bicyclic) bond motifs is 1. The normalized spacial score (nSPS) is 20.8. The lowest BCUT2D eigenvalue weighted by molar-refractivity contribution is 0.525. The van der Waals surface area contributed by atoms with Crippen molar-refractivity contribution in [2.24, 2.45) is 5.92 Å². The second-order valence-corrected chi connectivity index (χ2v) is 3.50. The fourth-order valence-electron chi connectivity index (χ4n) is 1.97. The van der Waals surface area contributed by atoms with E-state index in [2.05, 4.69) is 18.1 Å². The molecule has 1 aromatic heterocycles.